The molecule has 0 aliphatic carbocycles. The fraction of sp³-hybridized carbons (Fsp3) is 0.263. The third-order valence-corrected chi connectivity index (χ3v) is 3.98. The van der Waals surface area contributed by atoms with Crippen molar-refractivity contribution in [1.29, 1.82) is 0 Å². The molecule has 2 aromatic carbocycles. The fourth-order valence-electron chi connectivity index (χ4n) is 2.37. The molecule has 0 fully saturated rings. The molecule has 0 radical (unpaired) electrons. The number of benzene rings is 2. The molecule has 2 aromatic rings. The van der Waals surface area contributed by atoms with Crippen LogP contribution in [0.15, 0.2) is 60.7 Å². The SMILES string of the molecule is CC(c1ccccc1)N(C)C(=O)C(=O)N(C)Cc1ccccc1. The van der Waals surface area contributed by atoms with Crippen molar-refractivity contribution in [1.82, 2.24) is 9.80 Å². The van der Waals surface area contributed by atoms with Crippen molar-refractivity contribution < 1.29 is 9.59 Å². The number of nitrogens with zero attached hydrogens (tertiary/aromatic N) is 2. The minimum atomic E-state index is -0.501. The highest BCUT2D eigenvalue weighted by atomic mass is 16.2. The predicted molar refractivity (Wildman–Crippen MR) is 90.5 cm³/mol. The van der Waals surface area contributed by atoms with E-state index in [4.69, 9.17) is 0 Å². The quantitative estimate of drug-likeness (QED) is 0.815. The molecule has 0 N–H and O–H groups in total. The minimum absolute atomic E-state index is 0.155. The number of carbonyl (C=O) groups is 2. The molecule has 0 aromatic heterocycles. The van der Waals surface area contributed by atoms with E-state index in [-0.39, 0.29) is 6.04 Å². The molecule has 0 bridgehead atoms. The summed E-state index contributed by atoms with van der Waals surface area (Å²) >= 11 is 0. The standard InChI is InChI=1S/C19H22N2O2/c1-15(17-12-8-5-9-13-17)21(3)19(23)18(22)20(2)14-16-10-6-4-7-11-16/h4-13,15H,14H2,1-3H3. The van der Waals surface area contributed by atoms with E-state index in [1.807, 2.05) is 67.6 Å². The second-order valence-electron chi connectivity index (χ2n) is 5.65. The number of rotatable bonds is 4. The van der Waals surface area contributed by atoms with E-state index in [9.17, 15) is 9.59 Å². The topological polar surface area (TPSA) is 40.6 Å². The van der Waals surface area contributed by atoms with Gasteiger partial charge in [-0.3, -0.25) is 9.59 Å². The van der Waals surface area contributed by atoms with Crippen molar-refractivity contribution in [2.24, 2.45) is 0 Å². The average Bonchev–Trinajstić information content (AvgIpc) is 2.60. The van der Waals surface area contributed by atoms with Gasteiger partial charge in [0.25, 0.3) is 0 Å². The first kappa shape index (κ1) is 16.7. The van der Waals surface area contributed by atoms with E-state index in [1.165, 1.54) is 9.80 Å². The molecule has 0 saturated carbocycles. The number of hydrogen-bond acceptors (Lipinski definition) is 2. The van der Waals surface area contributed by atoms with Crippen LogP contribution in [0.1, 0.15) is 24.1 Å². The van der Waals surface area contributed by atoms with E-state index in [0.29, 0.717) is 6.54 Å². The van der Waals surface area contributed by atoms with Gasteiger partial charge in [0, 0.05) is 20.6 Å². The highest BCUT2D eigenvalue weighted by Gasteiger charge is 2.26. The number of hydrogen-bond donors (Lipinski definition) is 0. The van der Waals surface area contributed by atoms with Gasteiger partial charge in [-0.25, -0.2) is 0 Å². The first-order valence-corrected chi connectivity index (χ1v) is 7.62. The van der Waals surface area contributed by atoms with Crippen LogP contribution >= 0.6 is 0 Å². The van der Waals surface area contributed by atoms with Crippen LogP contribution in [0, 0.1) is 0 Å². The Labute approximate surface area is 137 Å². The minimum Gasteiger partial charge on any atom is -0.333 e. The molecular formula is C19H22N2O2. The summed E-state index contributed by atoms with van der Waals surface area (Å²) in [4.78, 5) is 27.7. The average molecular weight is 310 g/mol. The third kappa shape index (κ3) is 4.19. The summed E-state index contributed by atoms with van der Waals surface area (Å²) in [5.74, 6) is -1.00. The fourth-order valence-corrected chi connectivity index (χ4v) is 2.37. The lowest BCUT2D eigenvalue weighted by Crippen LogP contribution is -2.42. The maximum Gasteiger partial charge on any atom is 0.312 e. The molecule has 120 valence electrons. The normalized spacial score (nSPS) is 11.6. The monoisotopic (exact) mass is 310 g/mol. The van der Waals surface area contributed by atoms with Crippen LogP contribution in [-0.2, 0) is 16.1 Å². The van der Waals surface area contributed by atoms with Gasteiger partial charge in [-0.2, -0.15) is 0 Å². The molecule has 0 aliphatic rings. The molecule has 23 heavy (non-hydrogen) atoms. The van der Waals surface area contributed by atoms with Crippen molar-refractivity contribution in [3.8, 4) is 0 Å². The predicted octanol–water partition coefficient (Wildman–Crippen LogP) is 2.86. The van der Waals surface area contributed by atoms with Crippen molar-refractivity contribution in [3.05, 3.63) is 71.8 Å². The van der Waals surface area contributed by atoms with Crippen molar-refractivity contribution >= 4 is 11.8 Å². The van der Waals surface area contributed by atoms with Crippen LogP contribution < -0.4 is 0 Å². The zero-order valence-electron chi connectivity index (χ0n) is 13.8. The molecule has 0 spiro atoms. The number of likely N-dealkylation sites (N-methyl/N-ethyl adjacent to an activating group) is 2. The third-order valence-electron chi connectivity index (χ3n) is 3.98. The van der Waals surface area contributed by atoms with Gasteiger partial charge in [0.05, 0.1) is 6.04 Å². The van der Waals surface area contributed by atoms with Crippen LogP contribution in [0.5, 0.6) is 0 Å². The van der Waals surface area contributed by atoms with Crippen molar-refractivity contribution in [3.63, 3.8) is 0 Å². The van der Waals surface area contributed by atoms with Gasteiger partial charge in [-0.15, -0.1) is 0 Å². The summed E-state index contributed by atoms with van der Waals surface area (Å²) in [6.07, 6.45) is 0. The summed E-state index contributed by atoms with van der Waals surface area (Å²) in [7, 11) is 3.31. The lowest BCUT2D eigenvalue weighted by Gasteiger charge is -2.27. The highest BCUT2D eigenvalue weighted by molar-refractivity contribution is 6.34. The first-order chi connectivity index (χ1) is 11.0. The van der Waals surface area contributed by atoms with Gasteiger partial charge >= 0.3 is 11.8 Å². The van der Waals surface area contributed by atoms with E-state index in [1.54, 1.807) is 14.1 Å². The van der Waals surface area contributed by atoms with E-state index in [2.05, 4.69) is 0 Å². The Balaban J connectivity index is 2.02. The summed E-state index contributed by atoms with van der Waals surface area (Å²) in [5, 5.41) is 0. The highest BCUT2D eigenvalue weighted by Crippen LogP contribution is 2.18. The molecule has 2 amide bonds. The van der Waals surface area contributed by atoms with Crippen molar-refractivity contribution in [2.45, 2.75) is 19.5 Å². The Hall–Kier alpha value is -2.62. The second kappa shape index (κ2) is 7.58. The Morgan fingerprint density at radius 1 is 0.870 bits per heavy atom. The van der Waals surface area contributed by atoms with Gasteiger partial charge in [0.1, 0.15) is 0 Å². The van der Waals surface area contributed by atoms with E-state index in [0.717, 1.165) is 11.1 Å². The molecule has 0 saturated heterocycles. The molecule has 1 unspecified atom stereocenters. The first-order valence-electron chi connectivity index (χ1n) is 7.62. The zero-order valence-corrected chi connectivity index (χ0v) is 13.8. The molecular weight excluding hydrogens is 288 g/mol. The second-order valence-corrected chi connectivity index (χ2v) is 5.65. The van der Waals surface area contributed by atoms with Gasteiger partial charge in [-0.1, -0.05) is 60.7 Å². The summed E-state index contributed by atoms with van der Waals surface area (Å²) in [6.45, 7) is 2.33. The summed E-state index contributed by atoms with van der Waals surface area (Å²) < 4.78 is 0. The van der Waals surface area contributed by atoms with E-state index >= 15 is 0 Å². The summed E-state index contributed by atoms with van der Waals surface area (Å²) in [5.41, 5.74) is 2.00. The van der Waals surface area contributed by atoms with Crippen LogP contribution in [0.4, 0.5) is 0 Å². The lowest BCUT2D eigenvalue weighted by molar-refractivity contribution is -0.151. The Bertz CT molecular complexity index is 656. The zero-order chi connectivity index (χ0) is 16.8. The molecule has 0 heterocycles. The van der Waals surface area contributed by atoms with Gasteiger partial charge < -0.3 is 9.80 Å². The summed E-state index contributed by atoms with van der Waals surface area (Å²) in [6, 6.07) is 19.1. The smallest absolute Gasteiger partial charge is 0.312 e. The Morgan fingerprint density at radius 2 is 1.39 bits per heavy atom. The maximum absolute atomic E-state index is 12.4. The van der Waals surface area contributed by atoms with Crippen LogP contribution in [0.25, 0.3) is 0 Å². The Kier molecular flexibility index (Phi) is 5.52. The maximum atomic E-state index is 12.4. The van der Waals surface area contributed by atoms with Gasteiger partial charge in [-0.05, 0) is 18.1 Å². The molecule has 1 atom stereocenters. The Morgan fingerprint density at radius 3 is 1.96 bits per heavy atom. The van der Waals surface area contributed by atoms with Gasteiger partial charge in [0.2, 0.25) is 0 Å². The van der Waals surface area contributed by atoms with Crippen LogP contribution in [0.2, 0.25) is 0 Å². The van der Waals surface area contributed by atoms with Crippen LogP contribution in [-0.4, -0.2) is 35.7 Å². The molecule has 4 heteroatoms. The molecule has 4 nitrogen and oxygen atoms in total. The molecule has 2 rings (SSSR count). The largest absolute Gasteiger partial charge is 0.333 e. The van der Waals surface area contributed by atoms with Crippen LogP contribution in [0.3, 0.4) is 0 Å². The number of carbonyl (C=O) groups excluding carboxylic acids is 2. The van der Waals surface area contributed by atoms with Gasteiger partial charge in [0.15, 0.2) is 0 Å². The van der Waals surface area contributed by atoms with Crippen molar-refractivity contribution in [2.75, 3.05) is 14.1 Å². The lowest BCUT2D eigenvalue weighted by atomic mass is 10.1. The number of amides is 2. The van der Waals surface area contributed by atoms with E-state index < -0.39 is 11.8 Å². The molecule has 0 aliphatic heterocycles.